The molecular weight excluding hydrogens is 135 g/mol. The molecule has 0 spiro atoms. The molecule has 2 unspecified atom stereocenters. The van der Waals surface area contributed by atoms with Crippen molar-refractivity contribution < 1.29 is 9.09 Å². The first kappa shape index (κ1) is 7.30. The standard InChI is InChI=1S/C6H13O2P/c1-3-9(7)5-4-6(2)8-9/h6H,3-5H2,1-2H3. The second-order valence-electron chi connectivity index (χ2n) is 2.56. The Morgan fingerprint density at radius 2 is 2.44 bits per heavy atom. The zero-order valence-corrected chi connectivity index (χ0v) is 6.86. The molecule has 9 heavy (non-hydrogen) atoms. The summed E-state index contributed by atoms with van der Waals surface area (Å²) in [6.45, 7) is 3.91. The Bertz CT molecular complexity index is 144. The highest BCUT2D eigenvalue weighted by Gasteiger charge is 2.30. The summed E-state index contributed by atoms with van der Waals surface area (Å²) in [4.78, 5) is 0. The average molecular weight is 148 g/mol. The van der Waals surface area contributed by atoms with E-state index in [1.807, 2.05) is 13.8 Å². The SMILES string of the molecule is CCP1(=O)CCC(C)O1. The van der Waals surface area contributed by atoms with Crippen molar-refractivity contribution >= 4 is 7.37 Å². The van der Waals surface area contributed by atoms with Crippen molar-refractivity contribution in [2.45, 2.75) is 26.4 Å². The van der Waals surface area contributed by atoms with Crippen LogP contribution in [0.25, 0.3) is 0 Å². The van der Waals surface area contributed by atoms with Crippen molar-refractivity contribution in [3.8, 4) is 0 Å². The summed E-state index contributed by atoms with van der Waals surface area (Å²) >= 11 is 0. The van der Waals surface area contributed by atoms with Crippen LogP contribution in [0.2, 0.25) is 0 Å². The van der Waals surface area contributed by atoms with Crippen LogP contribution in [-0.2, 0) is 9.09 Å². The summed E-state index contributed by atoms with van der Waals surface area (Å²) in [7, 11) is -2.11. The Balaban J connectivity index is 2.55. The third kappa shape index (κ3) is 1.56. The normalized spacial score (nSPS) is 43.6. The lowest BCUT2D eigenvalue weighted by Crippen LogP contribution is -1.94. The van der Waals surface area contributed by atoms with E-state index < -0.39 is 7.37 Å². The molecule has 1 fully saturated rings. The third-order valence-corrected chi connectivity index (χ3v) is 4.38. The van der Waals surface area contributed by atoms with E-state index in [1.165, 1.54) is 0 Å². The summed E-state index contributed by atoms with van der Waals surface area (Å²) in [6.07, 6.45) is 2.71. The quantitative estimate of drug-likeness (QED) is 0.532. The van der Waals surface area contributed by atoms with Gasteiger partial charge in [-0.2, -0.15) is 0 Å². The van der Waals surface area contributed by atoms with Gasteiger partial charge in [-0.05, 0) is 13.3 Å². The summed E-state index contributed by atoms with van der Waals surface area (Å²) < 4.78 is 16.6. The Morgan fingerprint density at radius 3 is 2.67 bits per heavy atom. The average Bonchev–Trinajstić information content (AvgIpc) is 2.13. The van der Waals surface area contributed by atoms with Gasteiger partial charge in [0.15, 0.2) is 0 Å². The Hall–Kier alpha value is 0.190. The molecule has 0 aliphatic carbocycles. The van der Waals surface area contributed by atoms with E-state index >= 15 is 0 Å². The van der Waals surface area contributed by atoms with Gasteiger partial charge >= 0.3 is 0 Å². The molecule has 0 aromatic heterocycles. The van der Waals surface area contributed by atoms with E-state index in [1.54, 1.807) is 0 Å². The van der Waals surface area contributed by atoms with Gasteiger partial charge in [-0.1, -0.05) is 6.92 Å². The lowest BCUT2D eigenvalue weighted by Gasteiger charge is -2.07. The third-order valence-electron chi connectivity index (χ3n) is 1.73. The first-order valence-corrected chi connectivity index (χ1v) is 5.42. The van der Waals surface area contributed by atoms with Crippen LogP contribution in [0.15, 0.2) is 0 Å². The molecule has 0 aromatic rings. The minimum Gasteiger partial charge on any atom is -0.325 e. The van der Waals surface area contributed by atoms with E-state index in [0.29, 0.717) is 6.16 Å². The second-order valence-corrected chi connectivity index (χ2v) is 5.48. The predicted octanol–water partition coefficient (Wildman–Crippen LogP) is 2.09. The lowest BCUT2D eigenvalue weighted by molar-refractivity contribution is 0.254. The zero-order chi connectivity index (χ0) is 6.91. The van der Waals surface area contributed by atoms with Gasteiger partial charge in [-0.25, -0.2) is 0 Å². The first-order valence-electron chi connectivity index (χ1n) is 3.43. The van der Waals surface area contributed by atoms with Gasteiger partial charge in [0, 0.05) is 12.3 Å². The van der Waals surface area contributed by atoms with Gasteiger partial charge in [-0.15, -0.1) is 0 Å². The molecule has 0 aromatic carbocycles. The van der Waals surface area contributed by atoms with Gasteiger partial charge in [0.2, 0.25) is 7.37 Å². The maximum Gasteiger partial charge on any atom is 0.203 e. The fourth-order valence-electron chi connectivity index (χ4n) is 1.04. The number of hydrogen-bond donors (Lipinski definition) is 0. The van der Waals surface area contributed by atoms with Gasteiger partial charge in [0.1, 0.15) is 0 Å². The van der Waals surface area contributed by atoms with Crippen LogP contribution < -0.4 is 0 Å². The summed E-state index contributed by atoms with van der Waals surface area (Å²) in [5.41, 5.74) is 0. The summed E-state index contributed by atoms with van der Waals surface area (Å²) in [5.74, 6) is 0. The van der Waals surface area contributed by atoms with E-state index in [0.717, 1.165) is 12.6 Å². The van der Waals surface area contributed by atoms with Gasteiger partial charge in [0.25, 0.3) is 0 Å². The molecule has 1 rings (SSSR count). The molecule has 2 nitrogen and oxygen atoms in total. The van der Waals surface area contributed by atoms with E-state index in [2.05, 4.69) is 0 Å². The van der Waals surface area contributed by atoms with Crippen LogP contribution in [0.5, 0.6) is 0 Å². The maximum atomic E-state index is 11.4. The van der Waals surface area contributed by atoms with E-state index in [9.17, 15) is 4.57 Å². The smallest absolute Gasteiger partial charge is 0.203 e. The number of rotatable bonds is 1. The fourth-order valence-corrected chi connectivity index (χ4v) is 3.13. The van der Waals surface area contributed by atoms with Gasteiger partial charge in [0.05, 0.1) is 6.10 Å². The molecule has 0 N–H and O–H groups in total. The molecule has 0 saturated carbocycles. The topological polar surface area (TPSA) is 26.3 Å². The highest BCUT2D eigenvalue weighted by atomic mass is 31.2. The molecule has 54 valence electrons. The van der Waals surface area contributed by atoms with Crippen molar-refractivity contribution in [3.63, 3.8) is 0 Å². The van der Waals surface area contributed by atoms with Crippen LogP contribution in [0.1, 0.15) is 20.3 Å². The van der Waals surface area contributed by atoms with Crippen LogP contribution in [0, 0.1) is 0 Å². The Kier molecular flexibility index (Phi) is 1.97. The van der Waals surface area contributed by atoms with Gasteiger partial charge in [-0.3, -0.25) is 4.57 Å². The molecule has 1 heterocycles. The van der Waals surface area contributed by atoms with Crippen molar-refractivity contribution in [1.29, 1.82) is 0 Å². The molecule has 0 bridgehead atoms. The zero-order valence-electron chi connectivity index (χ0n) is 5.96. The van der Waals surface area contributed by atoms with Crippen LogP contribution >= 0.6 is 7.37 Å². The molecule has 0 radical (unpaired) electrons. The summed E-state index contributed by atoms with van der Waals surface area (Å²) in [5, 5.41) is 0. The number of hydrogen-bond acceptors (Lipinski definition) is 2. The monoisotopic (exact) mass is 148 g/mol. The fraction of sp³-hybridized carbons (Fsp3) is 1.00. The van der Waals surface area contributed by atoms with Crippen LogP contribution in [-0.4, -0.2) is 18.4 Å². The summed E-state index contributed by atoms with van der Waals surface area (Å²) in [6, 6.07) is 0. The predicted molar refractivity (Wildman–Crippen MR) is 38.2 cm³/mol. The molecule has 2 atom stereocenters. The van der Waals surface area contributed by atoms with Crippen molar-refractivity contribution in [3.05, 3.63) is 0 Å². The molecule has 0 amide bonds. The van der Waals surface area contributed by atoms with E-state index in [-0.39, 0.29) is 6.10 Å². The largest absolute Gasteiger partial charge is 0.325 e. The van der Waals surface area contributed by atoms with Crippen molar-refractivity contribution in [2.24, 2.45) is 0 Å². The molecule has 1 aliphatic rings. The Labute approximate surface area is 56.0 Å². The first-order chi connectivity index (χ1) is 4.16. The Morgan fingerprint density at radius 1 is 1.78 bits per heavy atom. The molecule has 3 heteroatoms. The van der Waals surface area contributed by atoms with Gasteiger partial charge < -0.3 is 4.52 Å². The highest BCUT2D eigenvalue weighted by Crippen LogP contribution is 2.53. The maximum absolute atomic E-state index is 11.4. The molecule has 1 saturated heterocycles. The van der Waals surface area contributed by atoms with E-state index in [4.69, 9.17) is 4.52 Å². The van der Waals surface area contributed by atoms with Crippen LogP contribution in [0.4, 0.5) is 0 Å². The molecular formula is C6H13O2P. The lowest BCUT2D eigenvalue weighted by atomic mass is 10.3. The minimum absolute atomic E-state index is 0.232. The van der Waals surface area contributed by atoms with Crippen LogP contribution in [0.3, 0.4) is 0 Å². The van der Waals surface area contributed by atoms with Crippen molar-refractivity contribution in [1.82, 2.24) is 0 Å². The highest BCUT2D eigenvalue weighted by molar-refractivity contribution is 7.59. The van der Waals surface area contributed by atoms with Crippen molar-refractivity contribution in [2.75, 3.05) is 12.3 Å². The molecule has 1 aliphatic heterocycles. The minimum atomic E-state index is -2.11. The second kappa shape index (κ2) is 2.43.